The molecule has 2 heteroatoms. The monoisotopic (exact) mass is 655 g/mol. The lowest BCUT2D eigenvalue weighted by Crippen LogP contribution is -2.64. The summed E-state index contributed by atoms with van der Waals surface area (Å²) in [6.07, 6.45) is 51.5. The van der Waals surface area contributed by atoms with Crippen molar-refractivity contribution < 1.29 is 0 Å². The van der Waals surface area contributed by atoms with E-state index >= 15 is 0 Å². The van der Waals surface area contributed by atoms with E-state index in [9.17, 15) is 0 Å². The second-order valence-corrected chi connectivity index (χ2v) is 19.5. The Morgan fingerprint density at radius 3 is 1.92 bits per heavy atom. The summed E-state index contributed by atoms with van der Waals surface area (Å²) >= 11 is 0. The van der Waals surface area contributed by atoms with Crippen LogP contribution in [-0.2, 0) is 0 Å². The highest BCUT2D eigenvalue weighted by molar-refractivity contribution is 5.19. The molecule has 9 rings (SSSR count). The standard InChI is InChI=1S/C46H74N2/c1-4-14-33(15-5-1)35-24-28-39(29-25-35)47(40-30-26-36(27-31-40)34-16-6-2-7-17-34)45-41-21-11-10-18-37(41)32-43-42-22-12-13-23-44(42)48(46(43)45)38-19-8-3-9-20-38/h1,4,30,33-39,41-46H,2-3,5-29,31-32H2/t33?,35?,36-,37?,39?,41?,42+,43?,44?,45-,46?/m1/s1. The van der Waals surface area contributed by atoms with Crippen LogP contribution in [0.5, 0.6) is 0 Å². The van der Waals surface area contributed by atoms with Gasteiger partial charge in [0.1, 0.15) is 0 Å². The van der Waals surface area contributed by atoms with Gasteiger partial charge in [0.2, 0.25) is 0 Å². The molecular weight excluding hydrogens is 581 g/mol. The third-order valence-corrected chi connectivity index (χ3v) is 17.3. The zero-order chi connectivity index (χ0) is 31.9. The summed E-state index contributed by atoms with van der Waals surface area (Å²) < 4.78 is 0. The number of nitrogens with zero attached hydrogens (tertiary/aromatic N) is 2. The van der Waals surface area contributed by atoms with Gasteiger partial charge in [-0.2, -0.15) is 0 Å². The molecule has 6 unspecified atom stereocenters. The molecule has 268 valence electrons. The van der Waals surface area contributed by atoms with Crippen molar-refractivity contribution in [2.75, 3.05) is 0 Å². The Labute approximate surface area is 296 Å². The smallest absolute Gasteiger partial charge is 0.0479 e. The van der Waals surface area contributed by atoms with Crippen molar-refractivity contribution >= 4 is 0 Å². The van der Waals surface area contributed by atoms with E-state index < -0.39 is 0 Å². The molecule has 0 amide bonds. The summed E-state index contributed by atoms with van der Waals surface area (Å²) in [7, 11) is 0. The molecule has 0 spiro atoms. The molecule has 0 bridgehead atoms. The second-order valence-electron chi connectivity index (χ2n) is 19.5. The van der Waals surface area contributed by atoms with Gasteiger partial charge < -0.3 is 4.90 Å². The van der Waals surface area contributed by atoms with Crippen LogP contribution in [-0.4, -0.2) is 40.0 Å². The largest absolute Gasteiger partial charge is 0.367 e. The van der Waals surface area contributed by atoms with Gasteiger partial charge in [-0.3, -0.25) is 4.90 Å². The highest BCUT2D eigenvalue weighted by Gasteiger charge is 2.60. The molecule has 9 atom stereocenters. The minimum absolute atomic E-state index is 0.818. The molecule has 6 saturated carbocycles. The average molecular weight is 655 g/mol. The van der Waals surface area contributed by atoms with Crippen molar-refractivity contribution in [3.8, 4) is 0 Å². The van der Waals surface area contributed by atoms with Gasteiger partial charge in [-0.1, -0.05) is 102 Å². The quantitative estimate of drug-likeness (QED) is 0.263. The number of likely N-dealkylation sites (tertiary alicyclic amines) is 1. The van der Waals surface area contributed by atoms with E-state index in [1.807, 2.05) is 5.70 Å². The molecule has 9 aliphatic rings. The predicted molar refractivity (Wildman–Crippen MR) is 202 cm³/mol. The summed E-state index contributed by atoms with van der Waals surface area (Å²) in [5.74, 6) is 8.00. The lowest BCUT2D eigenvalue weighted by Gasteiger charge is -2.58. The molecule has 7 fully saturated rings. The number of hydrogen-bond donors (Lipinski definition) is 0. The van der Waals surface area contributed by atoms with Crippen molar-refractivity contribution in [2.45, 2.75) is 216 Å². The van der Waals surface area contributed by atoms with E-state index in [4.69, 9.17) is 0 Å². The summed E-state index contributed by atoms with van der Waals surface area (Å²) in [4.78, 5) is 6.80. The Bertz CT molecular complexity index is 1100. The van der Waals surface area contributed by atoms with E-state index in [-0.39, 0.29) is 0 Å². The van der Waals surface area contributed by atoms with Crippen molar-refractivity contribution in [3.63, 3.8) is 0 Å². The Balaban J connectivity index is 1.07. The zero-order valence-corrected chi connectivity index (χ0v) is 31.1. The van der Waals surface area contributed by atoms with Gasteiger partial charge in [0.25, 0.3) is 0 Å². The van der Waals surface area contributed by atoms with Crippen LogP contribution < -0.4 is 0 Å². The van der Waals surface area contributed by atoms with Crippen LogP contribution in [0.4, 0.5) is 0 Å². The molecule has 1 aliphatic heterocycles. The normalized spacial score (nSPS) is 44.8. The third kappa shape index (κ3) is 6.44. The van der Waals surface area contributed by atoms with Gasteiger partial charge >= 0.3 is 0 Å². The van der Waals surface area contributed by atoms with E-state index in [0.717, 1.165) is 77.6 Å². The van der Waals surface area contributed by atoms with Crippen molar-refractivity contribution in [3.05, 3.63) is 23.9 Å². The van der Waals surface area contributed by atoms with Gasteiger partial charge in [0.05, 0.1) is 0 Å². The first kappa shape index (κ1) is 33.1. The fourth-order valence-corrected chi connectivity index (χ4v) is 15.2. The molecule has 0 N–H and O–H groups in total. The van der Waals surface area contributed by atoms with Gasteiger partial charge in [-0.25, -0.2) is 0 Å². The summed E-state index contributed by atoms with van der Waals surface area (Å²) in [5, 5.41) is 0. The SMILES string of the molecule is C1=CCC(C2CCC(N(C3=CC[C@@H](C4CCCCC4)CC3)[C@@H]3C4CCCCC4CC4C3N(C3CCCCC3)C3CCCC[C@@H]43)CC2)CC1. The fourth-order valence-electron chi connectivity index (χ4n) is 15.2. The van der Waals surface area contributed by atoms with Crippen LogP contribution >= 0.6 is 0 Å². The molecule has 0 aromatic rings. The first-order chi connectivity index (χ1) is 23.8. The molecule has 8 aliphatic carbocycles. The molecule has 1 saturated heterocycles. The van der Waals surface area contributed by atoms with Crippen LogP contribution in [0.2, 0.25) is 0 Å². The maximum atomic E-state index is 3.41. The van der Waals surface area contributed by atoms with Crippen LogP contribution in [0.1, 0.15) is 186 Å². The van der Waals surface area contributed by atoms with Crippen LogP contribution in [0.15, 0.2) is 23.9 Å². The lowest BCUT2D eigenvalue weighted by atomic mass is 9.59. The first-order valence-corrected chi connectivity index (χ1v) is 22.7. The Morgan fingerprint density at radius 2 is 1.17 bits per heavy atom. The Kier molecular flexibility index (Phi) is 10.4. The average Bonchev–Trinajstić information content (AvgIpc) is 3.50. The zero-order valence-electron chi connectivity index (χ0n) is 31.1. The maximum absolute atomic E-state index is 3.41. The van der Waals surface area contributed by atoms with Gasteiger partial charge in [-0.05, 0) is 150 Å². The highest BCUT2D eigenvalue weighted by atomic mass is 15.3. The third-order valence-electron chi connectivity index (χ3n) is 17.3. The molecule has 1 heterocycles. The summed E-state index contributed by atoms with van der Waals surface area (Å²) in [6, 6.07) is 4.32. The molecule has 0 aromatic heterocycles. The minimum Gasteiger partial charge on any atom is -0.367 e. The lowest BCUT2D eigenvalue weighted by molar-refractivity contribution is -0.0617. The number of fused-ring (bicyclic) bond motifs is 4. The topological polar surface area (TPSA) is 6.48 Å². The van der Waals surface area contributed by atoms with E-state index in [0.29, 0.717) is 0 Å². The van der Waals surface area contributed by atoms with E-state index in [1.165, 1.54) is 161 Å². The van der Waals surface area contributed by atoms with Crippen molar-refractivity contribution in [1.29, 1.82) is 0 Å². The number of hydrogen-bond acceptors (Lipinski definition) is 2. The Morgan fingerprint density at radius 1 is 0.500 bits per heavy atom. The minimum atomic E-state index is 0.818. The molecule has 48 heavy (non-hydrogen) atoms. The summed E-state index contributed by atoms with van der Waals surface area (Å²) in [5.41, 5.74) is 1.89. The van der Waals surface area contributed by atoms with E-state index in [1.54, 1.807) is 25.7 Å². The van der Waals surface area contributed by atoms with Crippen molar-refractivity contribution in [1.82, 2.24) is 9.80 Å². The number of rotatable bonds is 6. The van der Waals surface area contributed by atoms with Crippen LogP contribution in [0.25, 0.3) is 0 Å². The first-order valence-electron chi connectivity index (χ1n) is 22.7. The van der Waals surface area contributed by atoms with Crippen LogP contribution in [0, 0.1) is 47.3 Å². The molecular formula is C46H74N2. The summed E-state index contributed by atoms with van der Waals surface area (Å²) in [6.45, 7) is 0. The molecule has 2 nitrogen and oxygen atoms in total. The Hall–Kier alpha value is -0.760. The second kappa shape index (κ2) is 15.1. The highest BCUT2D eigenvalue weighted by Crippen LogP contribution is 2.58. The van der Waals surface area contributed by atoms with Gasteiger partial charge in [0, 0.05) is 35.9 Å². The molecule has 0 aromatic carbocycles. The van der Waals surface area contributed by atoms with Gasteiger partial charge in [-0.15, -0.1) is 0 Å². The van der Waals surface area contributed by atoms with E-state index in [2.05, 4.69) is 28.0 Å². The van der Waals surface area contributed by atoms with Gasteiger partial charge in [0.15, 0.2) is 0 Å². The number of allylic oxidation sites excluding steroid dienone is 4. The van der Waals surface area contributed by atoms with Crippen molar-refractivity contribution in [2.24, 2.45) is 47.3 Å². The maximum Gasteiger partial charge on any atom is 0.0479 e. The van der Waals surface area contributed by atoms with Crippen LogP contribution in [0.3, 0.4) is 0 Å². The predicted octanol–water partition coefficient (Wildman–Crippen LogP) is 12.2. The molecule has 0 radical (unpaired) electrons. The fraction of sp³-hybridized carbons (Fsp3) is 0.913.